The number of anilines is 1. The zero-order valence-corrected chi connectivity index (χ0v) is 12.1. The number of amides is 1. The van der Waals surface area contributed by atoms with Crippen molar-refractivity contribution in [1.29, 1.82) is 0 Å². The fraction of sp³-hybridized carbons (Fsp3) is 0.333. The van der Waals surface area contributed by atoms with Gasteiger partial charge in [0.05, 0.1) is 0 Å². The Hall–Kier alpha value is -2.08. The van der Waals surface area contributed by atoms with Crippen molar-refractivity contribution in [1.82, 2.24) is 15.2 Å². The van der Waals surface area contributed by atoms with Crippen molar-refractivity contribution in [3.63, 3.8) is 0 Å². The van der Waals surface area contributed by atoms with Crippen LogP contribution in [0.15, 0.2) is 36.5 Å². The Balaban J connectivity index is 1.47. The molecule has 0 saturated heterocycles. The van der Waals surface area contributed by atoms with E-state index >= 15 is 0 Å². The van der Waals surface area contributed by atoms with Crippen molar-refractivity contribution in [2.75, 3.05) is 5.32 Å². The lowest BCUT2D eigenvalue weighted by molar-refractivity contribution is -0.120. The molecule has 2 aromatic rings. The van der Waals surface area contributed by atoms with Crippen LogP contribution in [0.4, 0.5) is 5.13 Å². The Kier molecular flexibility index (Phi) is 3.03. The van der Waals surface area contributed by atoms with E-state index in [1.54, 1.807) is 6.20 Å². The lowest BCUT2D eigenvalue weighted by atomic mass is 9.93. The summed E-state index contributed by atoms with van der Waals surface area (Å²) in [5.74, 6) is 1.14. The van der Waals surface area contributed by atoms with Gasteiger partial charge in [-0.25, -0.2) is 0 Å². The highest BCUT2D eigenvalue weighted by atomic mass is 32.1. The SMILES string of the molecule is O=C(Nc1nnc(-c2ccccn2)s1)C1CC2C=CC1C2. The number of allylic oxidation sites excluding steroid dienone is 2. The first-order valence-corrected chi connectivity index (χ1v) is 7.85. The molecule has 1 amide bonds. The zero-order chi connectivity index (χ0) is 14.2. The summed E-state index contributed by atoms with van der Waals surface area (Å²) in [5.41, 5.74) is 0.776. The predicted octanol–water partition coefficient (Wildman–Crippen LogP) is 2.75. The van der Waals surface area contributed by atoms with E-state index in [0.717, 1.165) is 23.5 Å². The molecule has 106 valence electrons. The number of hydrogen-bond acceptors (Lipinski definition) is 5. The smallest absolute Gasteiger partial charge is 0.229 e. The number of hydrogen-bond donors (Lipinski definition) is 1. The Bertz CT molecular complexity index is 697. The lowest BCUT2D eigenvalue weighted by Crippen LogP contribution is -2.25. The van der Waals surface area contributed by atoms with Crippen LogP contribution in [0, 0.1) is 17.8 Å². The molecule has 2 heterocycles. The Labute approximate surface area is 126 Å². The minimum Gasteiger partial charge on any atom is -0.300 e. The van der Waals surface area contributed by atoms with Crippen molar-refractivity contribution in [3.8, 4) is 10.7 Å². The van der Waals surface area contributed by atoms with Gasteiger partial charge in [0, 0.05) is 12.1 Å². The zero-order valence-electron chi connectivity index (χ0n) is 11.3. The van der Waals surface area contributed by atoms with Crippen molar-refractivity contribution in [2.24, 2.45) is 17.8 Å². The number of carbonyl (C=O) groups excluding carboxylic acids is 1. The molecule has 0 radical (unpaired) electrons. The Morgan fingerprint density at radius 3 is 2.90 bits per heavy atom. The van der Waals surface area contributed by atoms with E-state index in [4.69, 9.17) is 0 Å². The molecule has 2 aliphatic carbocycles. The highest BCUT2D eigenvalue weighted by molar-refractivity contribution is 7.18. The van der Waals surface area contributed by atoms with Crippen LogP contribution in [0.3, 0.4) is 0 Å². The maximum atomic E-state index is 12.3. The molecule has 3 atom stereocenters. The number of nitrogens with zero attached hydrogens (tertiary/aromatic N) is 3. The first kappa shape index (κ1) is 12.6. The van der Waals surface area contributed by atoms with E-state index in [1.807, 2.05) is 18.2 Å². The highest BCUT2D eigenvalue weighted by Crippen LogP contribution is 2.43. The average Bonchev–Trinajstić information content (AvgIpc) is 3.24. The molecule has 0 aliphatic heterocycles. The first-order valence-electron chi connectivity index (χ1n) is 7.04. The summed E-state index contributed by atoms with van der Waals surface area (Å²) in [7, 11) is 0. The second-order valence-corrected chi connectivity index (χ2v) is 6.48. The van der Waals surface area contributed by atoms with Crippen LogP contribution >= 0.6 is 11.3 Å². The van der Waals surface area contributed by atoms with Crippen LogP contribution in [-0.2, 0) is 4.79 Å². The van der Waals surface area contributed by atoms with Crippen LogP contribution < -0.4 is 5.32 Å². The highest BCUT2D eigenvalue weighted by Gasteiger charge is 2.39. The fourth-order valence-electron chi connectivity index (χ4n) is 3.15. The predicted molar refractivity (Wildman–Crippen MR) is 80.6 cm³/mol. The molecule has 5 nitrogen and oxygen atoms in total. The van der Waals surface area contributed by atoms with Gasteiger partial charge in [-0.05, 0) is 36.8 Å². The molecule has 0 aromatic carbocycles. The third kappa shape index (κ3) is 2.35. The summed E-state index contributed by atoms with van der Waals surface area (Å²) >= 11 is 1.36. The number of nitrogens with one attached hydrogen (secondary N) is 1. The summed E-state index contributed by atoms with van der Waals surface area (Å²) in [5, 5.41) is 12.3. The van der Waals surface area contributed by atoms with Crippen LogP contribution in [0.1, 0.15) is 12.8 Å². The van der Waals surface area contributed by atoms with Crippen molar-refractivity contribution in [2.45, 2.75) is 12.8 Å². The number of pyridine rings is 1. The van der Waals surface area contributed by atoms with Gasteiger partial charge in [-0.2, -0.15) is 0 Å². The molecule has 4 rings (SSSR count). The number of rotatable bonds is 3. The van der Waals surface area contributed by atoms with E-state index in [9.17, 15) is 4.79 Å². The standard InChI is InChI=1S/C15H14N4OS/c20-13(11-8-9-4-5-10(11)7-9)17-15-19-18-14(21-15)12-3-1-2-6-16-12/h1-6,9-11H,7-8H2,(H,17,19,20). The number of aromatic nitrogens is 3. The fourth-order valence-corrected chi connectivity index (χ4v) is 3.87. The largest absolute Gasteiger partial charge is 0.300 e. The van der Waals surface area contributed by atoms with Gasteiger partial charge in [0.15, 0.2) is 5.01 Å². The summed E-state index contributed by atoms with van der Waals surface area (Å²) in [6, 6.07) is 5.65. The molecule has 1 N–H and O–H groups in total. The van der Waals surface area contributed by atoms with Gasteiger partial charge >= 0.3 is 0 Å². The molecule has 1 saturated carbocycles. The third-order valence-corrected chi connectivity index (χ3v) is 5.02. The van der Waals surface area contributed by atoms with Gasteiger partial charge in [-0.1, -0.05) is 29.6 Å². The van der Waals surface area contributed by atoms with Crippen molar-refractivity contribution < 1.29 is 4.79 Å². The van der Waals surface area contributed by atoms with Gasteiger partial charge in [0.25, 0.3) is 0 Å². The third-order valence-electron chi connectivity index (χ3n) is 4.15. The van der Waals surface area contributed by atoms with Crippen molar-refractivity contribution >= 4 is 22.4 Å². The molecular formula is C15H14N4OS. The molecule has 0 spiro atoms. The first-order chi connectivity index (χ1) is 10.3. The molecule has 3 unspecified atom stereocenters. The summed E-state index contributed by atoms with van der Waals surface area (Å²) in [4.78, 5) is 16.6. The maximum absolute atomic E-state index is 12.3. The van der Waals surface area contributed by atoms with Crippen LogP contribution in [0.2, 0.25) is 0 Å². The van der Waals surface area contributed by atoms with Gasteiger partial charge in [-0.15, -0.1) is 10.2 Å². The monoisotopic (exact) mass is 298 g/mol. The quantitative estimate of drug-likeness (QED) is 0.885. The Morgan fingerprint density at radius 1 is 1.24 bits per heavy atom. The normalized spacial score (nSPS) is 26.2. The minimum atomic E-state index is 0.0653. The van der Waals surface area contributed by atoms with E-state index in [0.29, 0.717) is 17.0 Å². The van der Waals surface area contributed by atoms with Crippen LogP contribution in [0.25, 0.3) is 10.7 Å². The topological polar surface area (TPSA) is 67.8 Å². The molecular weight excluding hydrogens is 284 g/mol. The molecule has 2 bridgehead atoms. The van der Waals surface area contributed by atoms with Gasteiger partial charge < -0.3 is 5.32 Å². The minimum absolute atomic E-state index is 0.0653. The van der Waals surface area contributed by atoms with E-state index in [-0.39, 0.29) is 11.8 Å². The van der Waals surface area contributed by atoms with E-state index in [2.05, 4.69) is 32.7 Å². The second-order valence-electron chi connectivity index (χ2n) is 5.50. The van der Waals surface area contributed by atoms with Crippen LogP contribution in [0.5, 0.6) is 0 Å². The summed E-state index contributed by atoms with van der Waals surface area (Å²) in [6.45, 7) is 0. The van der Waals surface area contributed by atoms with Gasteiger partial charge in [0.1, 0.15) is 5.69 Å². The Morgan fingerprint density at radius 2 is 2.19 bits per heavy atom. The average molecular weight is 298 g/mol. The van der Waals surface area contributed by atoms with Gasteiger partial charge in [-0.3, -0.25) is 9.78 Å². The second kappa shape index (κ2) is 5.04. The summed E-state index contributed by atoms with van der Waals surface area (Å²) in [6.07, 6.45) is 8.21. The summed E-state index contributed by atoms with van der Waals surface area (Å²) < 4.78 is 0. The molecule has 2 aliphatic rings. The van der Waals surface area contributed by atoms with Gasteiger partial charge in [0.2, 0.25) is 11.0 Å². The van der Waals surface area contributed by atoms with Crippen molar-refractivity contribution in [3.05, 3.63) is 36.5 Å². The number of fused-ring (bicyclic) bond motifs is 2. The molecule has 1 fully saturated rings. The number of carbonyl (C=O) groups is 1. The van der Waals surface area contributed by atoms with E-state index in [1.165, 1.54) is 11.3 Å². The van der Waals surface area contributed by atoms with E-state index < -0.39 is 0 Å². The molecule has 2 aromatic heterocycles. The maximum Gasteiger partial charge on any atom is 0.229 e. The lowest BCUT2D eigenvalue weighted by Gasteiger charge is -2.16. The van der Waals surface area contributed by atoms with Crippen LogP contribution in [-0.4, -0.2) is 21.1 Å². The molecule has 6 heteroatoms. The molecule has 21 heavy (non-hydrogen) atoms.